The number of nitrogens with zero attached hydrogens (tertiary/aromatic N) is 2. The van der Waals surface area contributed by atoms with Gasteiger partial charge in [-0.25, -0.2) is 4.39 Å². The highest BCUT2D eigenvalue weighted by atomic mass is 19.1. The third-order valence-corrected chi connectivity index (χ3v) is 7.30. The summed E-state index contributed by atoms with van der Waals surface area (Å²) < 4.78 is 12.5. The lowest BCUT2D eigenvalue weighted by molar-refractivity contribution is 0.330. The number of allylic oxidation sites excluding steroid dienone is 6. The predicted octanol–water partition coefficient (Wildman–Crippen LogP) is 9.03. The molecule has 2 aromatic carbocycles. The summed E-state index contributed by atoms with van der Waals surface area (Å²) in [6.07, 6.45) is 14.6. The number of nitrogens with two attached hydrogens (primary N) is 1. The third-order valence-electron chi connectivity index (χ3n) is 7.30. The van der Waals surface area contributed by atoms with E-state index in [9.17, 15) is 4.39 Å². The zero-order valence-electron chi connectivity index (χ0n) is 26.0. The van der Waals surface area contributed by atoms with Crippen molar-refractivity contribution in [3.63, 3.8) is 0 Å². The lowest BCUT2D eigenvalue weighted by atomic mass is 9.95. The first kappa shape index (κ1) is 36.0. The van der Waals surface area contributed by atoms with Gasteiger partial charge < -0.3 is 16.0 Å². The molecule has 1 fully saturated rings. The highest BCUT2D eigenvalue weighted by Gasteiger charge is 2.23. The van der Waals surface area contributed by atoms with E-state index in [-0.39, 0.29) is 11.9 Å². The molecule has 2 aromatic rings. The van der Waals surface area contributed by atoms with Crippen LogP contribution in [0.15, 0.2) is 104 Å². The number of rotatable bonds is 11. The number of likely N-dealkylation sites (tertiary alicyclic amines) is 1. The monoisotopic (exact) mass is 568 g/mol. The Bertz CT molecular complexity index is 1270. The lowest BCUT2D eigenvalue weighted by Gasteiger charge is -2.27. The van der Waals surface area contributed by atoms with Gasteiger partial charge in [0.15, 0.2) is 0 Å². The Hall–Kier alpha value is -4.01. The summed E-state index contributed by atoms with van der Waals surface area (Å²) in [4.78, 5) is 2.20. The standard InChI is InChI=1S/C19H21N.C9H11F.C9H17N3/c1-5-16(6-2)17(7-3)13-12-15(4)19-11-9-8-10-18(19)14-20;1-2-4-8-5-3-6-9(10)7-8;1-7-4-3-5-12(7)8(2)9(11)6-10/h5,7-13,16H,1,3,6H2,2,4H3;3,5-7H,2,4H2,1H3;6-7,9-10H,2-5,11H2,1H3/b15-12+,17-13+;;. The molecule has 1 aliphatic heterocycles. The van der Waals surface area contributed by atoms with Gasteiger partial charge in [-0.05, 0) is 80.0 Å². The molecular formula is C37H49FN4. The quantitative estimate of drug-likeness (QED) is 0.161. The molecule has 3 rings (SSSR count). The van der Waals surface area contributed by atoms with Crippen LogP contribution < -0.4 is 5.73 Å². The van der Waals surface area contributed by atoms with E-state index in [0.29, 0.717) is 17.5 Å². The number of nitriles is 1. The second-order valence-corrected chi connectivity index (χ2v) is 10.4. The van der Waals surface area contributed by atoms with Gasteiger partial charge in [-0.3, -0.25) is 0 Å². The average Bonchev–Trinajstić information content (AvgIpc) is 3.44. The van der Waals surface area contributed by atoms with Crippen LogP contribution in [0, 0.1) is 28.5 Å². The second-order valence-electron chi connectivity index (χ2n) is 10.4. The summed E-state index contributed by atoms with van der Waals surface area (Å²) >= 11 is 0. The van der Waals surface area contributed by atoms with E-state index >= 15 is 0 Å². The minimum absolute atomic E-state index is 0.133. The predicted molar refractivity (Wildman–Crippen MR) is 179 cm³/mol. The average molecular weight is 569 g/mol. The molecule has 0 spiro atoms. The Kier molecular flexibility index (Phi) is 17.1. The van der Waals surface area contributed by atoms with E-state index in [1.54, 1.807) is 12.1 Å². The fourth-order valence-corrected chi connectivity index (χ4v) is 4.75. The van der Waals surface area contributed by atoms with Crippen molar-refractivity contribution in [1.82, 2.24) is 4.90 Å². The van der Waals surface area contributed by atoms with Crippen molar-refractivity contribution in [3.8, 4) is 6.07 Å². The molecule has 3 unspecified atom stereocenters. The minimum atomic E-state index is -0.300. The van der Waals surface area contributed by atoms with Crippen molar-refractivity contribution in [2.45, 2.75) is 71.9 Å². The maximum atomic E-state index is 12.5. The van der Waals surface area contributed by atoms with Crippen LogP contribution in [-0.4, -0.2) is 29.7 Å². The normalized spacial score (nSPS) is 16.0. The van der Waals surface area contributed by atoms with Gasteiger partial charge in [-0.1, -0.05) is 88.1 Å². The van der Waals surface area contributed by atoms with E-state index in [1.807, 2.05) is 55.5 Å². The molecule has 0 aliphatic carbocycles. The van der Waals surface area contributed by atoms with Gasteiger partial charge in [0.1, 0.15) is 5.82 Å². The summed E-state index contributed by atoms with van der Waals surface area (Å²) in [5, 5.41) is 16.2. The minimum Gasteiger partial charge on any atom is -0.371 e. The molecule has 0 amide bonds. The fourth-order valence-electron chi connectivity index (χ4n) is 4.75. The highest BCUT2D eigenvalue weighted by molar-refractivity contribution is 5.70. The van der Waals surface area contributed by atoms with Crippen LogP contribution in [-0.2, 0) is 6.42 Å². The van der Waals surface area contributed by atoms with Crippen molar-refractivity contribution in [1.29, 1.82) is 10.7 Å². The van der Waals surface area contributed by atoms with E-state index in [1.165, 1.54) is 25.1 Å². The maximum absolute atomic E-state index is 12.5. The smallest absolute Gasteiger partial charge is 0.123 e. The summed E-state index contributed by atoms with van der Waals surface area (Å²) in [5.74, 6) is 0.189. The molecule has 0 bridgehead atoms. The van der Waals surface area contributed by atoms with Gasteiger partial charge in [-0.15, -0.1) is 6.58 Å². The Morgan fingerprint density at radius 1 is 1.19 bits per heavy atom. The zero-order valence-corrected chi connectivity index (χ0v) is 26.0. The number of aryl methyl sites for hydroxylation is 1. The van der Waals surface area contributed by atoms with Gasteiger partial charge >= 0.3 is 0 Å². The van der Waals surface area contributed by atoms with Gasteiger partial charge in [0.2, 0.25) is 0 Å². The molecule has 1 aliphatic rings. The van der Waals surface area contributed by atoms with Crippen LogP contribution in [0.4, 0.5) is 4.39 Å². The molecule has 3 atom stereocenters. The molecule has 3 N–H and O–H groups in total. The van der Waals surface area contributed by atoms with E-state index in [0.717, 1.165) is 53.8 Å². The van der Waals surface area contributed by atoms with E-state index in [2.05, 4.69) is 57.6 Å². The first-order chi connectivity index (χ1) is 20.2. The van der Waals surface area contributed by atoms with Crippen LogP contribution in [0.1, 0.15) is 70.1 Å². The first-order valence-corrected chi connectivity index (χ1v) is 14.8. The SMILES string of the molecule is C=C(C(N)C=N)N1CCCC1C.C=C/C(=C\C=C(/C)c1ccccc1C#N)C(C=C)CC.CCCc1cccc(F)c1. The van der Waals surface area contributed by atoms with Crippen molar-refractivity contribution < 1.29 is 4.39 Å². The van der Waals surface area contributed by atoms with E-state index < -0.39 is 0 Å². The summed E-state index contributed by atoms with van der Waals surface area (Å²) in [6, 6.07) is 16.9. The van der Waals surface area contributed by atoms with Crippen LogP contribution >= 0.6 is 0 Å². The van der Waals surface area contributed by atoms with Crippen molar-refractivity contribution in [3.05, 3.63) is 126 Å². The van der Waals surface area contributed by atoms with Gasteiger partial charge in [0, 0.05) is 30.4 Å². The third kappa shape index (κ3) is 11.8. The van der Waals surface area contributed by atoms with Crippen LogP contribution in [0.5, 0.6) is 0 Å². The lowest BCUT2D eigenvalue weighted by Crippen LogP contribution is -2.37. The van der Waals surface area contributed by atoms with Crippen LogP contribution in [0.25, 0.3) is 5.57 Å². The summed E-state index contributed by atoms with van der Waals surface area (Å²) in [7, 11) is 0. The fraction of sp³-hybridized carbons (Fsp3) is 0.351. The van der Waals surface area contributed by atoms with Crippen molar-refractivity contribution >= 4 is 11.8 Å². The zero-order chi connectivity index (χ0) is 31.5. The Morgan fingerprint density at radius 3 is 2.43 bits per heavy atom. The molecule has 224 valence electrons. The topological polar surface area (TPSA) is 76.9 Å². The molecule has 5 heteroatoms. The molecule has 0 aromatic heterocycles. The number of halogens is 1. The Labute approximate surface area is 254 Å². The van der Waals surface area contributed by atoms with Crippen molar-refractivity contribution in [2.24, 2.45) is 11.7 Å². The summed E-state index contributed by atoms with van der Waals surface area (Å²) in [6.45, 7) is 21.1. The first-order valence-electron chi connectivity index (χ1n) is 14.8. The molecule has 0 saturated carbocycles. The van der Waals surface area contributed by atoms with E-state index in [4.69, 9.17) is 16.4 Å². The molecule has 1 heterocycles. The second kappa shape index (κ2) is 20.0. The van der Waals surface area contributed by atoms with Gasteiger partial charge in [0.05, 0.1) is 17.7 Å². The Morgan fingerprint density at radius 2 is 1.90 bits per heavy atom. The molecule has 1 saturated heterocycles. The molecular weight excluding hydrogens is 519 g/mol. The maximum Gasteiger partial charge on any atom is 0.123 e. The highest BCUT2D eigenvalue weighted by Crippen LogP contribution is 2.22. The Balaban J connectivity index is 0.000000341. The molecule has 4 nitrogen and oxygen atoms in total. The largest absolute Gasteiger partial charge is 0.371 e. The van der Waals surface area contributed by atoms with Gasteiger partial charge in [0.25, 0.3) is 0 Å². The van der Waals surface area contributed by atoms with Crippen LogP contribution in [0.2, 0.25) is 0 Å². The number of hydrogen-bond acceptors (Lipinski definition) is 4. The number of nitrogens with one attached hydrogen (secondary N) is 1. The summed E-state index contributed by atoms with van der Waals surface area (Å²) in [5.41, 5.74) is 11.5. The van der Waals surface area contributed by atoms with Crippen molar-refractivity contribution in [2.75, 3.05) is 6.54 Å². The molecule has 0 radical (unpaired) electrons. The van der Waals surface area contributed by atoms with Gasteiger partial charge in [-0.2, -0.15) is 5.26 Å². The number of hydrogen-bond donors (Lipinski definition) is 2. The van der Waals surface area contributed by atoms with Crippen LogP contribution in [0.3, 0.4) is 0 Å². The molecule has 42 heavy (non-hydrogen) atoms. The number of benzene rings is 2.